The van der Waals surface area contributed by atoms with Crippen LogP contribution in [0.2, 0.25) is 0 Å². The van der Waals surface area contributed by atoms with Crippen LogP contribution in [0.5, 0.6) is 0 Å². The lowest BCUT2D eigenvalue weighted by Gasteiger charge is -2.11. The molecule has 0 spiro atoms. The quantitative estimate of drug-likeness (QED) is 0.340. The minimum Gasteiger partial charge on any atom is -0.454 e. The van der Waals surface area contributed by atoms with Gasteiger partial charge in [-0.25, -0.2) is 18.5 Å². The number of cyclic esters (lactones) is 1. The molecule has 0 radical (unpaired) electrons. The first-order chi connectivity index (χ1) is 12.0. The zero-order valence-electron chi connectivity index (χ0n) is 13.4. The summed E-state index contributed by atoms with van der Waals surface area (Å²) < 4.78 is 37.4. The van der Waals surface area contributed by atoms with E-state index >= 15 is 0 Å². The summed E-state index contributed by atoms with van der Waals surface area (Å²) in [5.74, 6) is -1.44. The second kappa shape index (κ2) is 7.35. The summed E-state index contributed by atoms with van der Waals surface area (Å²) in [6, 6.07) is 10.0. The van der Waals surface area contributed by atoms with Crippen LogP contribution in [-0.4, -0.2) is 19.2 Å². The fourth-order valence-corrected chi connectivity index (χ4v) is 3.07. The van der Waals surface area contributed by atoms with E-state index in [2.05, 4.69) is 9.22 Å². The average molecular weight is 364 g/mol. The van der Waals surface area contributed by atoms with E-state index in [0.29, 0.717) is 22.3 Å². The Hall–Kier alpha value is -2.22. The Morgan fingerprint density at radius 3 is 2.40 bits per heavy atom. The maximum Gasteiger partial charge on any atom is 0.339 e. The summed E-state index contributed by atoms with van der Waals surface area (Å²) in [4.78, 5) is 16.9. The first-order valence-corrected chi connectivity index (χ1v) is 8.13. The van der Waals surface area contributed by atoms with Gasteiger partial charge in [0.25, 0.3) is 0 Å². The highest BCUT2D eigenvalue weighted by Gasteiger charge is 2.33. The van der Waals surface area contributed by atoms with Gasteiger partial charge in [-0.3, -0.25) is 0 Å². The zero-order chi connectivity index (χ0) is 18.0. The summed E-state index contributed by atoms with van der Waals surface area (Å²) in [6.45, 7) is 1.71. The van der Waals surface area contributed by atoms with Crippen molar-refractivity contribution in [2.75, 3.05) is 7.11 Å². The van der Waals surface area contributed by atoms with E-state index in [1.807, 2.05) is 0 Å². The van der Waals surface area contributed by atoms with Crippen LogP contribution in [0, 0.1) is 11.6 Å². The molecule has 25 heavy (non-hydrogen) atoms. The molecular weight excluding hydrogens is 350 g/mol. The van der Waals surface area contributed by atoms with Gasteiger partial charge in [0.05, 0.1) is 29.6 Å². The topological polar surface area (TPSA) is 44.8 Å². The molecule has 1 atom stereocenters. The number of rotatable bonds is 5. The second-order valence-corrected chi connectivity index (χ2v) is 6.05. The van der Waals surface area contributed by atoms with Crippen LogP contribution in [0.1, 0.15) is 18.1 Å². The Morgan fingerprint density at radius 2 is 1.76 bits per heavy atom. The lowest BCUT2D eigenvalue weighted by Crippen LogP contribution is -2.05. The minimum absolute atomic E-state index is 0.243. The molecular formula is C18H14F2O4S. The summed E-state index contributed by atoms with van der Waals surface area (Å²) in [7, 11) is 1.32. The molecule has 2 aromatic rings. The molecule has 0 amide bonds. The molecule has 0 aromatic heterocycles. The van der Waals surface area contributed by atoms with Crippen molar-refractivity contribution in [3.63, 3.8) is 0 Å². The van der Waals surface area contributed by atoms with Crippen molar-refractivity contribution in [1.29, 1.82) is 0 Å². The Balaban J connectivity index is 2.06. The van der Waals surface area contributed by atoms with Crippen LogP contribution in [0.15, 0.2) is 47.4 Å². The predicted molar refractivity (Wildman–Crippen MR) is 89.1 cm³/mol. The number of esters is 1. The van der Waals surface area contributed by atoms with E-state index in [9.17, 15) is 13.6 Å². The Bertz CT molecular complexity index is 833. The van der Waals surface area contributed by atoms with E-state index in [4.69, 9.17) is 4.74 Å². The van der Waals surface area contributed by atoms with Crippen molar-refractivity contribution in [2.45, 2.75) is 17.9 Å². The van der Waals surface area contributed by atoms with Crippen LogP contribution in [0.25, 0.3) is 11.1 Å². The van der Waals surface area contributed by atoms with E-state index in [0.717, 1.165) is 12.0 Å². The fourth-order valence-electron chi connectivity index (χ4n) is 2.67. The average Bonchev–Trinajstić information content (AvgIpc) is 2.88. The Morgan fingerprint density at radius 1 is 1.08 bits per heavy atom. The molecule has 7 heteroatoms. The zero-order valence-corrected chi connectivity index (χ0v) is 14.2. The summed E-state index contributed by atoms with van der Waals surface area (Å²) in [6.07, 6.45) is -0.541. The van der Waals surface area contributed by atoms with Gasteiger partial charge in [-0.15, -0.1) is 0 Å². The smallest absolute Gasteiger partial charge is 0.339 e. The molecule has 3 rings (SSSR count). The first kappa shape index (κ1) is 17.6. The van der Waals surface area contributed by atoms with Crippen molar-refractivity contribution in [3.8, 4) is 0 Å². The van der Waals surface area contributed by atoms with Gasteiger partial charge in [0.1, 0.15) is 17.7 Å². The maximum atomic E-state index is 14.3. The monoisotopic (exact) mass is 364 g/mol. The Labute approximate surface area is 147 Å². The molecule has 0 fully saturated rings. The molecule has 2 aromatic carbocycles. The van der Waals surface area contributed by atoms with Gasteiger partial charge in [0.15, 0.2) is 0 Å². The number of hydrogen-bond acceptors (Lipinski definition) is 5. The molecule has 0 N–H and O–H groups in total. The molecule has 1 unspecified atom stereocenters. The standard InChI is InChI=1S/C18H14F2O4S/c1-10-16(12-5-8-15(14(20)9-12)25-24-22-2)17(18(21)23-10)11-3-6-13(19)7-4-11/h3-10H,1-2H3. The third kappa shape index (κ3) is 3.58. The number of benzene rings is 2. The molecule has 0 bridgehead atoms. The highest BCUT2D eigenvalue weighted by Crippen LogP contribution is 2.38. The normalized spacial score (nSPS) is 17.1. The van der Waals surface area contributed by atoms with Crippen molar-refractivity contribution in [3.05, 3.63) is 65.2 Å². The van der Waals surface area contributed by atoms with E-state index in [1.165, 1.54) is 43.5 Å². The molecule has 1 aliphatic heterocycles. The number of carbonyl (C=O) groups is 1. The summed E-state index contributed by atoms with van der Waals surface area (Å²) >= 11 is 0.745. The van der Waals surface area contributed by atoms with Crippen LogP contribution in [-0.2, 0) is 18.8 Å². The summed E-state index contributed by atoms with van der Waals surface area (Å²) in [5, 5.41) is 0. The first-order valence-electron chi connectivity index (χ1n) is 7.39. The molecule has 1 aliphatic rings. The molecule has 0 saturated heterocycles. The number of ether oxygens (including phenoxy) is 1. The maximum absolute atomic E-state index is 14.3. The van der Waals surface area contributed by atoms with Crippen molar-refractivity contribution < 1.29 is 27.5 Å². The van der Waals surface area contributed by atoms with Crippen LogP contribution in [0.3, 0.4) is 0 Å². The highest BCUT2D eigenvalue weighted by atomic mass is 32.2. The molecule has 4 nitrogen and oxygen atoms in total. The van der Waals surface area contributed by atoms with Crippen LogP contribution >= 0.6 is 12.0 Å². The molecule has 130 valence electrons. The van der Waals surface area contributed by atoms with Gasteiger partial charge in [-0.05, 0) is 42.3 Å². The third-order valence-electron chi connectivity index (χ3n) is 3.73. The largest absolute Gasteiger partial charge is 0.454 e. The van der Waals surface area contributed by atoms with Crippen molar-refractivity contribution in [2.24, 2.45) is 0 Å². The van der Waals surface area contributed by atoms with E-state index in [-0.39, 0.29) is 4.90 Å². The number of halogens is 2. The van der Waals surface area contributed by atoms with Gasteiger partial charge in [-0.2, -0.15) is 4.33 Å². The Kier molecular flexibility index (Phi) is 5.17. The minimum atomic E-state index is -0.541. The van der Waals surface area contributed by atoms with Crippen LogP contribution in [0.4, 0.5) is 8.78 Å². The van der Waals surface area contributed by atoms with Gasteiger partial charge >= 0.3 is 5.97 Å². The van der Waals surface area contributed by atoms with Gasteiger partial charge < -0.3 is 4.74 Å². The molecule has 1 heterocycles. The van der Waals surface area contributed by atoms with Crippen LogP contribution < -0.4 is 0 Å². The van der Waals surface area contributed by atoms with Gasteiger partial charge in [0, 0.05) is 5.57 Å². The predicted octanol–water partition coefficient (Wildman–Crippen LogP) is 4.41. The fraction of sp³-hybridized carbons (Fsp3) is 0.167. The number of carbonyl (C=O) groups excluding carboxylic acids is 1. The SMILES string of the molecule is COOSc1ccc(C2=C(c3ccc(F)cc3)C(=O)OC2C)cc1F. The third-order valence-corrected chi connectivity index (χ3v) is 4.45. The molecule has 0 saturated carbocycles. The summed E-state index contributed by atoms with van der Waals surface area (Å²) in [5.41, 5.74) is 1.89. The lowest BCUT2D eigenvalue weighted by molar-refractivity contribution is -0.160. The van der Waals surface area contributed by atoms with Gasteiger partial charge in [0.2, 0.25) is 0 Å². The van der Waals surface area contributed by atoms with Gasteiger partial charge in [-0.1, -0.05) is 18.2 Å². The highest BCUT2D eigenvalue weighted by molar-refractivity contribution is 7.94. The molecule has 0 aliphatic carbocycles. The van der Waals surface area contributed by atoms with E-state index < -0.39 is 23.7 Å². The second-order valence-electron chi connectivity index (χ2n) is 5.31. The number of hydrogen-bond donors (Lipinski definition) is 0. The van der Waals surface area contributed by atoms with Crippen molar-refractivity contribution >= 4 is 29.2 Å². The lowest BCUT2D eigenvalue weighted by atomic mass is 9.93. The van der Waals surface area contributed by atoms with Crippen molar-refractivity contribution in [1.82, 2.24) is 0 Å². The van der Waals surface area contributed by atoms with E-state index in [1.54, 1.807) is 13.0 Å².